The molecule has 0 saturated heterocycles. The van der Waals surface area contributed by atoms with Gasteiger partial charge in [-0.05, 0) is 44.4 Å². The zero-order chi connectivity index (χ0) is 18.4. The molecule has 0 N–H and O–H groups in total. The van der Waals surface area contributed by atoms with Gasteiger partial charge in [0.2, 0.25) is 0 Å². The van der Waals surface area contributed by atoms with Crippen LogP contribution >= 0.6 is 0 Å². The second-order valence-electron chi connectivity index (χ2n) is 6.75. The fraction of sp³-hybridized carbons (Fsp3) is 0.333. The Labute approximate surface area is 149 Å². The number of rotatable bonds is 3. The third kappa shape index (κ3) is 2.55. The summed E-state index contributed by atoms with van der Waals surface area (Å²) in [5, 5.41) is 0.996. The molecule has 0 aliphatic carbocycles. The number of aryl methyl sites for hydroxylation is 2. The van der Waals surface area contributed by atoms with Gasteiger partial charge in [-0.25, -0.2) is 4.79 Å². The molecule has 0 amide bonds. The van der Waals surface area contributed by atoms with E-state index in [1.54, 1.807) is 6.92 Å². The highest BCUT2D eigenvalue weighted by molar-refractivity contribution is 6.10. The molecule has 1 aromatic carbocycles. The first-order valence-corrected chi connectivity index (χ1v) is 8.91. The standard InChI is InChI=1S/C21H20O5/c1-4-5-6-13-10-16(23)26-21-17(13)19-14(8-7-11(2)24-19)20-18(21)15(22)9-12(3)25-20/h7-11H,4-6H2,1-3H3. The fourth-order valence-electron chi connectivity index (χ4n) is 3.51. The van der Waals surface area contributed by atoms with E-state index in [9.17, 15) is 9.59 Å². The van der Waals surface area contributed by atoms with Crippen LogP contribution in [-0.2, 0) is 6.42 Å². The van der Waals surface area contributed by atoms with E-state index in [0.29, 0.717) is 27.9 Å². The first-order chi connectivity index (χ1) is 12.5. The molecule has 4 rings (SSSR count). The maximum Gasteiger partial charge on any atom is 0.336 e. The van der Waals surface area contributed by atoms with Gasteiger partial charge < -0.3 is 13.6 Å². The predicted molar refractivity (Wildman–Crippen MR) is 101 cm³/mol. The minimum Gasteiger partial charge on any atom is -0.485 e. The molecule has 0 radical (unpaired) electrons. The Morgan fingerprint density at radius 3 is 2.65 bits per heavy atom. The molecular formula is C21H20O5. The van der Waals surface area contributed by atoms with E-state index in [1.807, 2.05) is 19.1 Å². The number of hydrogen-bond donors (Lipinski definition) is 0. The lowest BCUT2D eigenvalue weighted by Crippen LogP contribution is -2.15. The molecule has 0 bridgehead atoms. The lowest BCUT2D eigenvalue weighted by atomic mass is 9.96. The molecule has 5 heteroatoms. The van der Waals surface area contributed by atoms with Crippen LogP contribution < -0.4 is 15.8 Å². The topological polar surface area (TPSA) is 69.7 Å². The van der Waals surface area contributed by atoms with Crippen LogP contribution in [0.2, 0.25) is 0 Å². The van der Waals surface area contributed by atoms with Crippen molar-refractivity contribution in [3.8, 4) is 5.75 Å². The fourth-order valence-corrected chi connectivity index (χ4v) is 3.51. The summed E-state index contributed by atoms with van der Waals surface area (Å²) < 4.78 is 17.4. The Kier molecular flexibility index (Phi) is 3.94. The smallest absolute Gasteiger partial charge is 0.336 e. The van der Waals surface area contributed by atoms with Gasteiger partial charge in [0, 0.05) is 12.1 Å². The lowest BCUT2D eigenvalue weighted by Gasteiger charge is -2.22. The van der Waals surface area contributed by atoms with E-state index in [1.165, 1.54) is 12.1 Å². The summed E-state index contributed by atoms with van der Waals surface area (Å²) in [5.74, 6) is 1.12. The Morgan fingerprint density at radius 2 is 1.88 bits per heavy atom. The van der Waals surface area contributed by atoms with Gasteiger partial charge in [0.25, 0.3) is 0 Å². The minimum atomic E-state index is -0.468. The van der Waals surface area contributed by atoms with Crippen molar-refractivity contribution in [1.82, 2.24) is 0 Å². The number of unbranched alkanes of at least 4 members (excludes halogenated alkanes) is 1. The highest BCUT2D eigenvalue weighted by Gasteiger charge is 2.25. The van der Waals surface area contributed by atoms with E-state index >= 15 is 0 Å². The maximum absolute atomic E-state index is 12.7. The first kappa shape index (κ1) is 16.6. The second-order valence-corrected chi connectivity index (χ2v) is 6.75. The van der Waals surface area contributed by atoms with Crippen LogP contribution in [0.5, 0.6) is 5.75 Å². The van der Waals surface area contributed by atoms with E-state index in [0.717, 1.165) is 30.4 Å². The third-order valence-corrected chi connectivity index (χ3v) is 4.69. The van der Waals surface area contributed by atoms with Gasteiger partial charge in [-0.15, -0.1) is 0 Å². The van der Waals surface area contributed by atoms with Gasteiger partial charge in [0.15, 0.2) is 16.6 Å². The summed E-state index contributed by atoms with van der Waals surface area (Å²) in [6.45, 7) is 5.76. The van der Waals surface area contributed by atoms with Crippen molar-refractivity contribution in [1.29, 1.82) is 0 Å². The number of benzene rings is 1. The normalized spacial score (nSPS) is 16.0. The largest absolute Gasteiger partial charge is 0.485 e. The van der Waals surface area contributed by atoms with Crippen molar-refractivity contribution < 1.29 is 13.6 Å². The van der Waals surface area contributed by atoms with E-state index in [4.69, 9.17) is 13.6 Å². The number of fused-ring (bicyclic) bond motifs is 6. The van der Waals surface area contributed by atoms with Crippen molar-refractivity contribution in [3.05, 3.63) is 55.7 Å². The summed E-state index contributed by atoms with van der Waals surface area (Å²) in [4.78, 5) is 24.9. The van der Waals surface area contributed by atoms with E-state index < -0.39 is 5.63 Å². The molecule has 0 spiro atoms. The molecule has 1 atom stereocenters. The molecule has 1 aliphatic rings. The Balaban J connectivity index is 2.25. The molecule has 3 aromatic rings. The summed E-state index contributed by atoms with van der Waals surface area (Å²) >= 11 is 0. The summed E-state index contributed by atoms with van der Waals surface area (Å²) in [5.41, 5.74) is 1.53. The highest BCUT2D eigenvalue weighted by atomic mass is 16.5. The molecule has 0 fully saturated rings. The van der Waals surface area contributed by atoms with Gasteiger partial charge in [0.05, 0.1) is 10.9 Å². The third-order valence-electron chi connectivity index (χ3n) is 4.69. The highest BCUT2D eigenvalue weighted by Crippen LogP contribution is 2.41. The Bertz CT molecular complexity index is 1160. The predicted octanol–water partition coefficient (Wildman–Crippen LogP) is 4.34. The molecule has 134 valence electrons. The zero-order valence-corrected chi connectivity index (χ0v) is 15.0. The van der Waals surface area contributed by atoms with Crippen molar-refractivity contribution in [2.75, 3.05) is 0 Å². The van der Waals surface area contributed by atoms with Crippen molar-refractivity contribution >= 4 is 28.0 Å². The van der Waals surface area contributed by atoms with Crippen LogP contribution in [0.15, 0.2) is 36.6 Å². The van der Waals surface area contributed by atoms with Gasteiger partial charge in [0.1, 0.15) is 23.0 Å². The molecule has 1 aliphatic heterocycles. The van der Waals surface area contributed by atoms with E-state index in [2.05, 4.69) is 6.92 Å². The summed E-state index contributed by atoms with van der Waals surface area (Å²) in [6, 6.07) is 2.93. The molecular weight excluding hydrogens is 332 g/mol. The quantitative estimate of drug-likeness (QED) is 0.518. The first-order valence-electron chi connectivity index (χ1n) is 8.91. The molecule has 2 aromatic heterocycles. The van der Waals surface area contributed by atoms with Crippen LogP contribution in [-0.4, -0.2) is 6.10 Å². The Hall–Kier alpha value is -2.82. The van der Waals surface area contributed by atoms with E-state index in [-0.39, 0.29) is 17.1 Å². The molecule has 5 nitrogen and oxygen atoms in total. The zero-order valence-electron chi connectivity index (χ0n) is 15.0. The van der Waals surface area contributed by atoms with Gasteiger partial charge in [-0.1, -0.05) is 13.3 Å². The number of hydrogen-bond acceptors (Lipinski definition) is 5. The average molecular weight is 352 g/mol. The van der Waals surface area contributed by atoms with Crippen LogP contribution in [0.4, 0.5) is 0 Å². The van der Waals surface area contributed by atoms with Crippen LogP contribution in [0.3, 0.4) is 0 Å². The Morgan fingerprint density at radius 1 is 1.08 bits per heavy atom. The van der Waals surface area contributed by atoms with Crippen LogP contribution in [0.1, 0.15) is 43.6 Å². The average Bonchev–Trinajstić information content (AvgIpc) is 2.58. The van der Waals surface area contributed by atoms with Crippen LogP contribution in [0.25, 0.3) is 28.0 Å². The molecule has 1 unspecified atom stereocenters. The van der Waals surface area contributed by atoms with Gasteiger partial charge in [-0.2, -0.15) is 0 Å². The summed E-state index contributed by atoms with van der Waals surface area (Å²) in [7, 11) is 0. The summed E-state index contributed by atoms with van der Waals surface area (Å²) in [6.07, 6.45) is 6.36. The lowest BCUT2D eigenvalue weighted by molar-refractivity contribution is 0.269. The number of ether oxygens (including phenoxy) is 1. The van der Waals surface area contributed by atoms with Crippen molar-refractivity contribution in [2.24, 2.45) is 0 Å². The van der Waals surface area contributed by atoms with Crippen molar-refractivity contribution in [2.45, 2.75) is 46.1 Å². The van der Waals surface area contributed by atoms with Crippen LogP contribution in [0, 0.1) is 6.92 Å². The molecule has 3 heterocycles. The molecule has 0 saturated carbocycles. The van der Waals surface area contributed by atoms with Crippen molar-refractivity contribution in [3.63, 3.8) is 0 Å². The molecule has 26 heavy (non-hydrogen) atoms. The monoisotopic (exact) mass is 352 g/mol. The van der Waals surface area contributed by atoms with Gasteiger partial charge >= 0.3 is 5.63 Å². The minimum absolute atomic E-state index is 0.120. The maximum atomic E-state index is 12.7. The van der Waals surface area contributed by atoms with Gasteiger partial charge in [-0.3, -0.25) is 4.79 Å². The second kappa shape index (κ2) is 6.16. The SMILES string of the molecule is CCCCc1cc(=O)oc2c1c1c(c3oc(C)cc(=O)c32)C=CC(C)O1.